The lowest BCUT2D eigenvalue weighted by molar-refractivity contribution is 0.0881. The normalized spacial score (nSPS) is 12.9. The highest BCUT2D eigenvalue weighted by molar-refractivity contribution is 7.13. The molecule has 0 bridgehead atoms. The van der Waals surface area contributed by atoms with Gasteiger partial charge in [-0.25, -0.2) is 18.4 Å². The van der Waals surface area contributed by atoms with E-state index in [1.54, 1.807) is 41.3 Å². The van der Waals surface area contributed by atoms with Crippen LogP contribution < -0.4 is 10.1 Å². The number of amides is 1. The Kier molecular flexibility index (Phi) is 6.71. The first-order valence-corrected chi connectivity index (χ1v) is 12.5. The van der Waals surface area contributed by atoms with Crippen molar-refractivity contribution in [3.8, 4) is 11.4 Å². The van der Waals surface area contributed by atoms with Gasteiger partial charge in [0.1, 0.15) is 23.5 Å². The molecule has 0 aliphatic heterocycles. The Morgan fingerprint density at radius 2 is 1.76 bits per heavy atom. The fourth-order valence-corrected chi connectivity index (χ4v) is 4.84. The van der Waals surface area contributed by atoms with Crippen molar-refractivity contribution in [2.75, 3.05) is 0 Å². The van der Waals surface area contributed by atoms with Gasteiger partial charge in [0.25, 0.3) is 5.91 Å². The van der Waals surface area contributed by atoms with Crippen molar-refractivity contribution in [3.05, 3.63) is 106 Å². The third-order valence-electron chi connectivity index (χ3n) is 6.05. The summed E-state index contributed by atoms with van der Waals surface area (Å²) in [4.78, 5) is 17.9. The molecule has 6 nitrogen and oxygen atoms in total. The molecule has 2 heterocycles. The molecule has 1 amide bonds. The minimum atomic E-state index is -0.676. The number of nitrogens with one attached hydrogen (secondary N) is 1. The number of carbonyl (C=O) groups excluding carboxylic acids is 1. The molecule has 9 heteroatoms. The van der Waals surface area contributed by atoms with E-state index in [1.165, 1.54) is 35.6 Å². The van der Waals surface area contributed by atoms with E-state index in [-0.39, 0.29) is 17.5 Å². The van der Waals surface area contributed by atoms with Gasteiger partial charge in [0.2, 0.25) is 0 Å². The number of rotatable bonds is 7. The smallest absolute Gasteiger partial charge is 0.280 e. The second-order valence-electron chi connectivity index (χ2n) is 8.83. The van der Waals surface area contributed by atoms with Gasteiger partial charge in [-0.05, 0) is 80.9 Å². The number of halogens is 2. The van der Waals surface area contributed by atoms with E-state index in [9.17, 15) is 13.6 Å². The predicted octanol–water partition coefficient (Wildman–Crippen LogP) is 6.32. The average Bonchev–Trinajstić information content (AvgIpc) is 3.50. The maximum Gasteiger partial charge on any atom is 0.280 e. The summed E-state index contributed by atoms with van der Waals surface area (Å²) < 4.78 is 35.7. The van der Waals surface area contributed by atoms with Gasteiger partial charge in [-0.2, -0.15) is 5.10 Å². The van der Waals surface area contributed by atoms with E-state index in [0.717, 1.165) is 27.0 Å². The van der Waals surface area contributed by atoms with Crippen molar-refractivity contribution in [1.82, 2.24) is 20.1 Å². The Hall–Kier alpha value is -4.11. The second-order valence-corrected chi connectivity index (χ2v) is 10.1. The summed E-state index contributed by atoms with van der Waals surface area (Å²) >= 11 is 1.30. The number of benzene rings is 3. The zero-order valence-electron chi connectivity index (χ0n) is 20.4. The molecule has 0 aliphatic rings. The zero-order valence-corrected chi connectivity index (χ0v) is 21.2. The van der Waals surface area contributed by atoms with Crippen LogP contribution in [0.4, 0.5) is 8.78 Å². The van der Waals surface area contributed by atoms with Crippen LogP contribution in [0.25, 0.3) is 16.6 Å². The van der Waals surface area contributed by atoms with Crippen LogP contribution in [0.5, 0.6) is 5.75 Å². The average molecular weight is 519 g/mol. The quantitative estimate of drug-likeness (QED) is 0.274. The number of hydrogen-bond donors (Lipinski definition) is 1. The number of hydrogen-bond acceptors (Lipinski definition) is 5. The number of nitrogens with zero attached hydrogens (tertiary/aromatic N) is 3. The van der Waals surface area contributed by atoms with Crippen molar-refractivity contribution < 1.29 is 18.3 Å². The fraction of sp³-hybridized carbons (Fsp3) is 0.179. The molecule has 37 heavy (non-hydrogen) atoms. The summed E-state index contributed by atoms with van der Waals surface area (Å²) in [6.07, 6.45) is 2.67. The summed E-state index contributed by atoms with van der Waals surface area (Å²) in [6, 6.07) is 15.6. The van der Waals surface area contributed by atoms with E-state index >= 15 is 0 Å². The minimum absolute atomic E-state index is 0.315. The number of carbonyl (C=O) groups is 1. The summed E-state index contributed by atoms with van der Waals surface area (Å²) in [5.74, 6) is -0.490. The highest BCUT2D eigenvalue weighted by Crippen LogP contribution is 2.31. The Balaban J connectivity index is 1.46. The zero-order chi connectivity index (χ0) is 26.1. The van der Waals surface area contributed by atoms with Gasteiger partial charge in [-0.3, -0.25) is 4.79 Å². The highest BCUT2D eigenvalue weighted by Gasteiger charge is 2.26. The number of thiazole rings is 1. The van der Waals surface area contributed by atoms with Crippen molar-refractivity contribution in [3.63, 3.8) is 0 Å². The van der Waals surface area contributed by atoms with Gasteiger partial charge >= 0.3 is 0 Å². The monoisotopic (exact) mass is 518 g/mol. The largest absolute Gasteiger partial charge is 0.484 e. The number of ether oxygens (including phenoxy) is 1. The van der Waals surface area contributed by atoms with Gasteiger partial charge in [0, 0.05) is 22.0 Å². The molecular formula is C28H24F2N4O2S. The molecule has 0 aliphatic carbocycles. The predicted molar refractivity (Wildman–Crippen MR) is 139 cm³/mol. The Morgan fingerprint density at radius 1 is 1.00 bits per heavy atom. The number of aromatic nitrogens is 3. The van der Waals surface area contributed by atoms with Crippen molar-refractivity contribution in [1.29, 1.82) is 0 Å². The van der Waals surface area contributed by atoms with Crippen LogP contribution in [-0.4, -0.2) is 26.7 Å². The summed E-state index contributed by atoms with van der Waals surface area (Å²) in [7, 11) is 0. The number of aryl methyl sites for hydroxylation is 2. The molecule has 5 aromatic rings. The molecule has 0 radical (unpaired) electrons. The second kappa shape index (κ2) is 10.1. The Labute approximate surface area is 216 Å². The first-order chi connectivity index (χ1) is 17.8. The minimum Gasteiger partial charge on any atom is -0.484 e. The molecule has 0 saturated heterocycles. The van der Waals surface area contributed by atoms with Crippen LogP contribution in [0.3, 0.4) is 0 Å². The van der Waals surface area contributed by atoms with E-state index in [0.29, 0.717) is 16.3 Å². The molecule has 2 aromatic heterocycles. The summed E-state index contributed by atoms with van der Waals surface area (Å²) in [6.45, 7) is 5.58. The van der Waals surface area contributed by atoms with E-state index in [4.69, 9.17) is 4.74 Å². The molecule has 188 valence electrons. The van der Waals surface area contributed by atoms with Crippen LogP contribution in [0.15, 0.2) is 73.1 Å². The summed E-state index contributed by atoms with van der Waals surface area (Å²) in [5, 5.41) is 8.56. The van der Waals surface area contributed by atoms with Crippen molar-refractivity contribution >= 4 is 28.1 Å². The van der Waals surface area contributed by atoms with Gasteiger partial charge in [0.05, 0.1) is 23.4 Å². The van der Waals surface area contributed by atoms with Crippen LogP contribution in [0, 0.1) is 25.5 Å². The fourth-order valence-electron chi connectivity index (χ4n) is 4.18. The molecule has 0 spiro atoms. The first-order valence-electron chi connectivity index (χ1n) is 11.7. The van der Waals surface area contributed by atoms with Crippen LogP contribution in [0.2, 0.25) is 0 Å². The molecule has 0 fully saturated rings. The Bertz CT molecular complexity index is 1580. The summed E-state index contributed by atoms with van der Waals surface area (Å²) in [5.41, 5.74) is 3.01. The van der Waals surface area contributed by atoms with Crippen LogP contribution in [-0.2, 0) is 0 Å². The molecule has 1 N–H and O–H groups in total. The SMILES string of the molecule is Cc1cnc(C(=O)N[C@@H](C)[C@H](Oc2ccc3c(cnn3-c3ccc(F)cc3)c2)c2cc(F)ccc2C)s1. The molecule has 3 aromatic carbocycles. The van der Waals surface area contributed by atoms with Gasteiger partial charge < -0.3 is 10.1 Å². The van der Waals surface area contributed by atoms with E-state index in [2.05, 4.69) is 15.4 Å². The Morgan fingerprint density at radius 3 is 2.49 bits per heavy atom. The number of fused-ring (bicyclic) bond motifs is 1. The lowest BCUT2D eigenvalue weighted by Crippen LogP contribution is -2.39. The molecule has 0 saturated carbocycles. The lowest BCUT2D eigenvalue weighted by atomic mass is 9.98. The maximum atomic E-state index is 14.3. The topological polar surface area (TPSA) is 69.0 Å². The van der Waals surface area contributed by atoms with Gasteiger partial charge in [-0.1, -0.05) is 6.07 Å². The van der Waals surface area contributed by atoms with Crippen LogP contribution >= 0.6 is 11.3 Å². The molecule has 5 rings (SSSR count). The first kappa shape index (κ1) is 24.6. The van der Waals surface area contributed by atoms with Crippen LogP contribution in [0.1, 0.15) is 38.8 Å². The van der Waals surface area contributed by atoms with Gasteiger partial charge in [0.15, 0.2) is 5.01 Å². The highest BCUT2D eigenvalue weighted by atomic mass is 32.1. The lowest BCUT2D eigenvalue weighted by Gasteiger charge is -2.27. The third-order valence-corrected chi connectivity index (χ3v) is 6.96. The van der Waals surface area contributed by atoms with Crippen molar-refractivity contribution in [2.45, 2.75) is 32.9 Å². The van der Waals surface area contributed by atoms with Gasteiger partial charge in [-0.15, -0.1) is 11.3 Å². The van der Waals surface area contributed by atoms with E-state index < -0.39 is 12.1 Å². The molecule has 2 atom stereocenters. The standard InChI is InChI=1S/C28H24F2N4O2S/c1-16-4-5-21(30)13-24(16)26(18(3)33-27(35)28-31-14-17(2)37-28)36-23-10-11-25-19(12-23)15-32-34(25)22-8-6-20(29)7-9-22/h4-15,18,26H,1-3H3,(H,33,35)/t18-,26-/m0/s1. The van der Waals surface area contributed by atoms with Crippen molar-refractivity contribution in [2.24, 2.45) is 0 Å². The molecular weight excluding hydrogens is 494 g/mol. The molecule has 0 unspecified atom stereocenters. The maximum absolute atomic E-state index is 14.3. The van der Waals surface area contributed by atoms with E-state index in [1.807, 2.05) is 32.9 Å². The third kappa shape index (κ3) is 5.22.